The van der Waals surface area contributed by atoms with E-state index in [1.54, 1.807) is 24.1 Å². The zero-order valence-electron chi connectivity index (χ0n) is 17.5. The normalized spacial score (nSPS) is 15.3. The van der Waals surface area contributed by atoms with Gasteiger partial charge in [-0.2, -0.15) is 0 Å². The van der Waals surface area contributed by atoms with E-state index in [2.05, 4.69) is 4.90 Å². The van der Waals surface area contributed by atoms with Gasteiger partial charge in [-0.25, -0.2) is 4.79 Å². The molecular formula is C23H28N2O4. The Morgan fingerprint density at radius 3 is 2.31 bits per heavy atom. The van der Waals surface area contributed by atoms with Crippen molar-refractivity contribution in [2.45, 2.75) is 13.0 Å². The number of hydrogen-bond acceptors (Lipinski definition) is 5. The first-order valence-electron chi connectivity index (χ1n) is 9.61. The summed E-state index contributed by atoms with van der Waals surface area (Å²) in [6.45, 7) is 2.13. The summed E-state index contributed by atoms with van der Waals surface area (Å²) in [6, 6.07) is 15.3. The molecule has 2 aromatic carbocycles. The number of rotatable bonds is 7. The SMILES string of the molecule is COC(=O)c1ccc(CN2CC(Cc3cccc(OC)c3)(C(=O)N(C)C)C2)cc1. The van der Waals surface area contributed by atoms with Gasteiger partial charge in [0.05, 0.1) is 25.2 Å². The summed E-state index contributed by atoms with van der Waals surface area (Å²) >= 11 is 0. The summed E-state index contributed by atoms with van der Waals surface area (Å²) in [7, 11) is 6.64. The number of benzene rings is 2. The molecule has 1 fully saturated rings. The largest absolute Gasteiger partial charge is 0.497 e. The van der Waals surface area contributed by atoms with Gasteiger partial charge in [-0.3, -0.25) is 9.69 Å². The topological polar surface area (TPSA) is 59.1 Å². The van der Waals surface area contributed by atoms with Crippen LogP contribution < -0.4 is 4.74 Å². The van der Waals surface area contributed by atoms with Crippen LogP contribution in [0.3, 0.4) is 0 Å². The molecule has 1 aliphatic rings. The fourth-order valence-corrected chi connectivity index (χ4v) is 4.01. The highest BCUT2D eigenvalue weighted by atomic mass is 16.5. The Labute approximate surface area is 172 Å². The maximum Gasteiger partial charge on any atom is 0.337 e. The smallest absolute Gasteiger partial charge is 0.337 e. The summed E-state index contributed by atoms with van der Waals surface area (Å²) in [5.74, 6) is 0.615. The Hall–Kier alpha value is -2.86. The van der Waals surface area contributed by atoms with Crippen LogP contribution in [-0.4, -0.2) is 63.1 Å². The molecule has 3 rings (SSSR count). The lowest BCUT2D eigenvalue weighted by Gasteiger charge is -2.50. The van der Waals surface area contributed by atoms with Gasteiger partial charge in [0.2, 0.25) is 5.91 Å². The van der Waals surface area contributed by atoms with E-state index in [4.69, 9.17) is 9.47 Å². The minimum Gasteiger partial charge on any atom is -0.497 e. The lowest BCUT2D eigenvalue weighted by Crippen LogP contribution is -2.63. The minimum absolute atomic E-state index is 0.151. The van der Waals surface area contributed by atoms with Crippen molar-refractivity contribution in [1.29, 1.82) is 0 Å². The van der Waals surface area contributed by atoms with Gasteiger partial charge in [-0.15, -0.1) is 0 Å². The Morgan fingerprint density at radius 2 is 1.72 bits per heavy atom. The summed E-state index contributed by atoms with van der Waals surface area (Å²) in [5.41, 5.74) is 2.31. The standard InChI is InChI=1S/C23H28N2O4/c1-24(2)22(27)23(13-18-6-5-7-20(12-18)28-3)15-25(16-23)14-17-8-10-19(11-9-17)21(26)29-4/h5-12H,13-16H2,1-4H3. The second-order valence-corrected chi connectivity index (χ2v) is 7.84. The molecule has 154 valence electrons. The zero-order chi connectivity index (χ0) is 21.0. The van der Waals surface area contributed by atoms with Crippen LogP contribution in [0.4, 0.5) is 0 Å². The Bertz CT molecular complexity index is 871. The molecule has 6 heteroatoms. The van der Waals surface area contributed by atoms with Crippen molar-refractivity contribution < 1.29 is 19.1 Å². The van der Waals surface area contributed by atoms with Crippen molar-refractivity contribution in [3.63, 3.8) is 0 Å². The third kappa shape index (κ3) is 4.59. The Kier molecular flexibility index (Phi) is 6.23. The molecular weight excluding hydrogens is 368 g/mol. The molecule has 0 aromatic heterocycles. The van der Waals surface area contributed by atoms with Gasteiger partial charge in [0, 0.05) is 33.7 Å². The van der Waals surface area contributed by atoms with Crippen LogP contribution in [0.5, 0.6) is 5.75 Å². The second-order valence-electron chi connectivity index (χ2n) is 7.84. The van der Waals surface area contributed by atoms with Crippen LogP contribution in [0.1, 0.15) is 21.5 Å². The molecule has 0 atom stereocenters. The number of amides is 1. The summed E-state index contributed by atoms with van der Waals surface area (Å²) < 4.78 is 10.1. The lowest BCUT2D eigenvalue weighted by atomic mass is 9.73. The van der Waals surface area contributed by atoms with Crippen LogP contribution >= 0.6 is 0 Å². The molecule has 0 spiro atoms. The fourth-order valence-electron chi connectivity index (χ4n) is 4.01. The predicted molar refractivity (Wildman–Crippen MR) is 111 cm³/mol. The number of nitrogens with zero attached hydrogens (tertiary/aromatic N) is 2. The van der Waals surface area contributed by atoms with E-state index in [1.165, 1.54) is 7.11 Å². The van der Waals surface area contributed by atoms with Crippen molar-refractivity contribution >= 4 is 11.9 Å². The number of hydrogen-bond donors (Lipinski definition) is 0. The first-order chi connectivity index (χ1) is 13.9. The molecule has 1 heterocycles. The third-order valence-corrected chi connectivity index (χ3v) is 5.37. The summed E-state index contributed by atoms with van der Waals surface area (Å²) in [6.07, 6.45) is 0.680. The lowest BCUT2D eigenvalue weighted by molar-refractivity contribution is -0.151. The van der Waals surface area contributed by atoms with Crippen molar-refractivity contribution in [2.75, 3.05) is 41.4 Å². The first-order valence-corrected chi connectivity index (χ1v) is 9.61. The van der Waals surface area contributed by atoms with E-state index in [-0.39, 0.29) is 11.9 Å². The quantitative estimate of drug-likeness (QED) is 0.674. The number of methoxy groups -OCH3 is 2. The molecule has 1 saturated heterocycles. The zero-order valence-corrected chi connectivity index (χ0v) is 17.5. The highest BCUT2D eigenvalue weighted by molar-refractivity contribution is 5.89. The molecule has 0 unspecified atom stereocenters. The van der Waals surface area contributed by atoms with E-state index >= 15 is 0 Å². The van der Waals surface area contributed by atoms with Crippen molar-refractivity contribution in [3.05, 3.63) is 65.2 Å². The van der Waals surface area contributed by atoms with Crippen LogP contribution in [0, 0.1) is 5.41 Å². The van der Waals surface area contributed by atoms with Crippen molar-refractivity contribution in [1.82, 2.24) is 9.80 Å². The molecule has 0 N–H and O–H groups in total. The number of carbonyl (C=O) groups excluding carboxylic acids is 2. The second kappa shape index (κ2) is 8.66. The Morgan fingerprint density at radius 1 is 1.03 bits per heavy atom. The van der Waals surface area contributed by atoms with Crippen molar-refractivity contribution in [3.8, 4) is 5.75 Å². The molecule has 1 amide bonds. The van der Waals surface area contributed by atoms with Gasteiger partial charge < -0.3 is 14.4 Å². The predicted octanol–water partition coefficient (Wildman–Crippen LogP) is 2.61. The number of ether oxygens (including phenoxy) is 2. The highest BCUT2D eigenvalue weighted by Crippen LogP contribution is 2.37. The Balaban J connectivity index is 1.69. The molecule has 2 aromatic rings. The highest BCUT2D eigenvalue weighted by Gasteiger charge is 2.49. The monoisotopic (exact) mass is 396 g/mol. The molecule has 0 aliphatic carbocycles. The van der Waals surface area contributed by atoms with Crippen molar-refractivity contribution in [2.24, 2.45) is 5.41 Å². The summed E-state index contributed by atoms with van der Waals surface area (Å²) in [4.78, 5) is 28.5. The minimum atomic E-state index is -0.429. The summed E-state index contributed by atoms with van der Waals surface area (Å²) in [5, 5.41) is 0. The first kappa shape index (κ1) is 20.9. The van der Waals surface area contributed by atoms with Gasteiger partial charge in [-0.05, 0) is 41.8 Å². The number of carbonyl (C=O) groups is 2. The molecule has 6 nitrogen and oxygen atoms in total. The molecule has 1 aliphatic heterocycles. The molecule has 0 bridgehead atoms. The van der Waals surface area contributed by atoms with E-state index in [9.17, 15) is 9.59 Å². The maximum atomic E-state index is 13.0. The van der Waals surface area contributed by atoms with Crippen LogP contribution in [0.2, 0.25) is 0 Å². The van der Waals surface area contributed by atoms with Crippen LogP contribution in [0.25, 0.3) is 0 Å². The van der Waals surface area contributed by atoms with E-state index < -0.39 is 5.41 Å². The average Bonchev–Trinajstić information content (AvgIpc) is 2.71. The number of esters is 1. The van der Waals surface area contributed by atoms with Crippen LogP contribution in [-0.2, 0) is 22.5 Å². The van der Waals surface area contributed by atoms with Crippen LogP contribution in [0.15, 0.2) is 48.5 Å². The van der Waals surface area contributed by atoms with Gasteiger partial charge in [0.15, 0.2) is 0 Å². The van der Waals surface area contributed by atoms with E-state index in [0.717, 1.165) is 23.4 Å². The fraction of sp³-hybridized carbons (Fsp3) is 0.391. The molecule has 0 radical (unpaired) electrons. The van der Waals surface area contributed by atoms with Gasteiger partial charge in [-0.1, -0.05) is 24.3 Å². The van der Waals surface area contributed by atoms with Gasteiger partial charge in [0.25, 0.3) is 0 Å². The van der Waals surface area contributed by atoms with Gasteiger partial charge >= 0.3 is 5.97 Å². The molecule has 0 saturated carbocycles. The van der Waals surface area contributed by atoms with Gasteiger partial charge in [0.1, 0.15) is 5.75 Å². The third-order valence-electron chi connectivity index (χ3n) is 5.37. The number of likely N-dealkylation sites (tertiary alicyclic amines) is 1. The average molecular weight is 396 g/mol. The van der Waals surface area contributed by atoms with E-state index in [1.807, 2.05) is 50.5 Å². The molecule has 29 heavy (non-hydrogen) atoms. The maximum absolute atomic E-state index is 13.0. The van der Waals surface area contributed by atoms with E-state index in [0.29, 0.717) is 25.1 Å².